The van der Waals surface area contributed by atoms with Crippen LogP contribution < -0.4 is 0 Å². The van der Waals surface area contributed by atoms with Gasteiger partial charge in [-0.1, -0.05) is 8.96 Å². The minimum Gasteiger partial charge on any atom is -0.188 e. The van der Waals surface area contributed by atoms with Crippen LogP contribution in [0.2, 0.25) is 0 Å². The fourth-order valence-corrected chi connectivity index (χ4v) is 0.349. The molecule has 0 saturated heterocycles. The summed E-state index contributed by atoms with van der Waals surface area (Å²) in [6.45, 7) is 0. The van der Waals surface area contributed by atoms with Crippen molar-refractivity contribution in [3.05, 3.63) is 0 Å². The standard InChI is InChI=1S/CF5NO3S/c2-1(3,4)11(8,9)10-7(5)6. The van der Waals surface area contributed by atoms with Gasteiger partial charge in [-0.3, -0.25) is 0 Å². The fourth-order valence-electron chi connectivity index (χ4n) is 0.116. The predicted molar refractivity (Wildman–Crippen MR) is 20.1 cm³/mol. The molecule has 4 nitrogen and oxygen atoms in total. The van der Waals surface area contributed by atoms with E-state index in [0.29, 0.717) is 0 Å². The largest absolute Gasteiger partial charge is 0.524 e. The zero-order valence-electron chi connectivity index (χ0n) is 4.47. The third-order valence-corrected chi connectivity index (χ3v) is 1.31. The monoisotopic (exact) mass is 201 g/mol. The van der Waals surface area contributed by atoms with Crippen molar-refractivity contribution in [2.24, 2.45) is 0 Å². The van der Waals surface area contributed by atoms with E-state index >= 15 is 0 Å². The lowest BCUT2D eigenvalue weighted by atomic mass is 11.6. The Morgan fingerprint density at radius 3 is 1.64 bits per heavy atom. The van der Waals surface area contributed by atoms with Crippen LogP contribution >= 0.6 is 0 Å². The molecule has 68 valence electrons. The van der Waals surface area contributed by atoms with Crippen molar-refractivity contribution in [2.45, 2.75) is 5.51 Å². The summed E-state index contributed by atoms with van der Waals surface area (Å²) in [5, 5.41) is 0. The Labute approximate surface area is 57.1 Å². The summed E-state index contributed by atoms with van der Waals surface area (Å²) >= 11 is 0. The van der Waals surface area contributed by atoms with Crippen LogP contribution in [-0.2, 0) is 14.4 Å². The maximum atomic E-state index is 11.1. The summed E-state index contributed by atoms with van der Waals surface area (Å²) in [5.41, 5.74) is -8.40. The van der Waals surface area contributed by atoms with Crippen LogP contribution in [0.4, 0.5) is 22.1 Å². The van der Waals surface area contributed by atoms with Gasteiger partial charge in [0.1, 0.15) is 0 Å². The number of halogens is 5. The van der Waals surface area contributed by atoms with Gasteiger partial charge in [-0.25, -0.2) is 0 Å². The minimum absolute atomic E-state index is 2.15. The molecule has 10 heteroatoms. The average molecular weight is 201 g/mol. The van der Waals surface area contributed by atoms with Gasteiger partial charge in [0, 0.05) is 0 Å². The second kappa shape index (κ2) is 2.87. The molecular formula is CF5NO3S. The van der Waals surface area contributed by atoms with Gasteiger partial charge < -0.3 is 0 Å². The molecule has 0 heterocycles. The molecule has 0 aromatic rings. The highest BCUT2D eigenvalue weighted by Gasteiger charge is 2.49. The first kappa shape index (κ1) is 10.5. The van der Waals surface area contributed by atoms with Gasteiger partial charge in [-0.15, -0.1) is 4.28 Å². The molecule has 0 spiro atoms. The van der Waals surface area contributed by atoms with Crippen molar-refractivity contribution < 1.29 is 34.8 Å². The quantitative estimate of drug-likeness (QED) is 0.287. The van der Waals surface area contributed by atoms with E-state index in [1.54, 1.807) is 0 Å². The lowest BCUT2D eigenvalue weighted by molar-refractivity contribution is -0.339. The molecule has 0 aliphatic heterocycles. The molecule has 0 rings (SSSR count). The van der Waals surface area contributed by atoms with E-state index in [9.17, 15) is 30.6 Å². The van der Waals surface area contributed by atoms with Crippen LogP contribution in [0.5, 0.6) is 0 Å². The summed E-state index contributed by atoms with van der Waals surface area (Å²) in [6, 6.07) is 0. The van der Waals surface area contributed by atoms with Crippen LogP contribution in [-0.4, -0.2) is 19.4 Å². The third-order valence-electron chi connectivity index (χ3n) is 0.438. The van der Waals surface area contributed by atoms with Crippen molar-refractivity contribution in [1.29, 1.82) is 0 Å². The first-order valence-electron chi connectivity index (χ1n) is 1.79. The van der Waals surface area contributed by atoms with Crippen LogP contribution in [0.1, 0.15) is 0 Å². The van der Waals surface area contributed by atoms with E-state index in [4.69, 9.17) is 0 Å². The molecule has 0 atom stereocenters. The van der Waals surface area contributed by atoms with Gasteiger partial charge in [0.15, 0.2) is 5.51 Å². The molecule has 0 bridgehead atoms. The molecule has 0 aromatic carbocycles. The molecule has 0 aromatic heterocycles. The van der Waals surface area contributed by atoms with E-state index in [1.807, 2.05) is 0 Å². The zero-order valence-corrected chi connectivity index (χ0v) is 5.29. The van der Waals surface area contributed by atoms with Gasteiger partial charge >= 0.3 is 15.6 Å². The van der Waals surface area contributed by atoms with E-state index in [-0.39, 0.29) is 0 Å². The van der Waals surface area contributed by atoms with E-state index in [0.717, 1.165) is 0 Å². The number of hydrogen-bond donors (Lipinski definition) is 0. The van der Waals surface area contributed by atoms with Gasteiger partial charge in [0.25, 0.3) is 0 Å². The lowest BCUT2D eigenvalue weighted by Crippen LogP contribution is -2.28. The average Bonchev–Trinajstić information content (AvgIpc) is 1.56. The van der Waals surface area contributed by atoms with E-state index in [1.165, 1.54) is 0 Å². The molecule has 0 saturated carbocycles. The Kier molecular flexibility index (Phi) is 2.74. The number of alkyl halides is 3. The van der Waals surface area contributed by atoms with Crippen LogP contribution in [0.15, 0.2) is 0 Å². The highest BCUT2D eigenvalue weighted by Crippen LogP contribution is 2.25. The lowest BCUT2D eigenvalue weighted by Gasteiger charge is -2.05. The summed E-state index contributed by atoms with van der Waals surface area (Å²) in [4.78, 5) is 0. The Morgan fingerprint density at radius 2 is 1.55 bits per heavy atom. The molecule has 0 radical (unpaired) electrons. The summed E-state index contributed by atoms with van der Waals surface area (Å²) in [5.74, 6) is 0. The third kappa shape index (κ3) is 2.95. The van der Waals surface area contributed by atoms with Crippen molar-refractivity contribution in [1.82, 2.24) is 5.51 Å². The fraction of sp³-hybridized carbons (Fsp3) is 1.00. The summed E-state index contributed by atoms with van der Waals surface area (Å²) < 4.78 is 76.3. The molecule has 0 N–H and O–H groups in total. The smallest absolute Gasteiger partial charge is 0.188 e. The van der Waals surface area contributed by atoms with Crippen molar-refractivity contribution in [3.8, 4) is 0 Å². The maximum absolute atomic E-state index is 11.1. The van der Waals surface area contributed by atoms with Crippen LogP contribution in [0.3, 0.4) is 0 Å². The normalized spacial score (nSPS) is 14.0. The molecular weight excluding hydrogens is 201 g/mol. The summed E-state index contributed by atoms with van der Waals surface area (Å²) in [6.07, 6.45) is 0. The Hall–Kier alpha value is -0.480. The Balaban J connectivity index is 4.51. The molecule has 0 amide bonds. The number of nitrogens with zero attached hydrogens (tertiary/aromatic N) is 1. The van der Waals surface area contributed by atoms with Gasteiger partial charge in [0.05, 0.1) is 0 Å². The first-order chi connectivity index (χ1) is 4.67. The van der Waals surface area contributed by atoms with Crippen molar-refractivity contribution in [3.63, 3.8) is 0 Å². The Morgan fingerprint density at radius 1 is 1.18 bits per heavy atom. The van der Waals surface area contributed by atoms with E-state index < -0.39 is 21.1 Å². The second-order valence-corrected chi connectivity index (χ2v) is 2.70. The zero-order chi connectivity index (χ0) is 9.28. The highest BCUT2D eigenvalue weighted by atomic mass is 32.2. The molecule has 0 fully saturated rings. The molecule has 11 heavy (non-hydrogen) atoms. The maximum Gasteiger partial charge on any atom is 0.524 e. The van der Waals surface area contributed by atoms with Crippen molar-refractivity contribution in [2.75, 3.05) is 0 Å². The van der Waals surface area contributed by atoms with Gasteiger partial charge in [-0.05, 0) is 0 Å². The summed E-state index contributed by atoms with van der Waals surface area (Å²) in [7, 11) is -6.22. The van der Waals surface area contributed by atoms with Crippen LogP contribution in [0, 0.1) is 0 Å². The highest BCUT2D eigenvalue weighted by molar-refractivity contribution is 7.87. The minimum atomic E-state index is -6.22. The molecule has 0 unspecified atom stereocenters. The number of hydrogen-bond acceptors (Lipinski definition) is 4. The molecule has 0 aliphatic rings. The first-order valence-corrected chi connectivity index (χ1v) is 3.20. The second-order valence-electron chi connectivity index (χ2n) is 1.18. The van der Waals surface area contributed by atoms with Crippen molar-refractivity contribution >= 4 is 10.1 Å². The van der Waals surface area contributed by atoms with Gasteiger partial charge in [-0.2, -0.15) is 21.6 Å². The van der Waals surface area contributed by atoms with Gasteiger partial charge in [0.2, 0.25) is 0 Å². The topological polar surface area (TPSA) is 46.6 Å². The molecule has 0 aliphatic carbocycles. The number of rotatable bonds is 2. The van der Waals surface area contributed by atoms with E-state index in [2.05, 4.69) is 4.28 Å². The van der Waals surface area contributed by atoms with Crippen LogP contribution in [0.25, 0.3) is 0 Å². The SMILES string of the molecule is O=S(=O)(ON(F)F)C(F)(F)F. The Bertz CT molecular complexity index is 216. The predicted octanol–water partition coefficient (Wildman–Crippen LogP) is 0.839.